The molecule has 1 aliphatic heterocycles. The fourth-order valence-electron chi connectivity index (χ4n) is 3.79. The van der Waals surface area contributed by atoms with E-state index in [1.807, 2.05) is 20.8 Å². The molecule has 2 aromatic heterocycles. The molecule has 1 fully saturated rings. The van der Waals surface area contributed by atoms with Crippen LogP contribution in [0.1, 0.15) is 54.0 Å². The van der Waals surface area contributed by atoms with Crippen LogP contribution >= 0.6 is 0 Å². The molecular weight excluding hydrogens is 396 g/mol. The van der Waals surface area contributed by atoms with Gasteiger partial charge in [-0.2, -0.15) is 5.10 Å². The van der Waals surface area contributed by atoms with Crippen molar-refractivity contribution in [3.63, 3.8) is 0 Å². The number of aryl methyl sites for hydroxylation is 2. The second-order valence-electron chi connectivity index (χ2n) is 8.23. The van der Waals surface area contributed by atoms with Crippen molar-refractivity contribution in [3.8, 4) is 0 Å². The van der Waals surface area contributed by atoms with Crippen LogP contribution in [0, 0.1) is 6.92 Å². The van der Waals surface area contributed by atoms with Crippen molar-refractivity contribution in [1.82, 2.24) is 25.4 Å². The van der Waals surface area contributed by atoms with Crippen molar-refractivity contribution in [3.05, 3.63) is 52.8 Å². The summed E-state index contributed by atoms with van der Waals surface area (Å²) in [7, 11) is 1.80. The second kappa shape index (κ2) is 7.19. The standard InChI is InChI=1S/C22H24N6O3/c1-11(2)16-10-15(17-12(3)27-28(5)18(17)24-16)19(29)23-14-8-6-7-13(9-14)22(4)20(30)25-21(31)26-22/h6-11H,1-5H3,(H,23,29)(H2,25,26,30,31). The Morgan fingerprint density at radius 2 is 1.97 bits per heavy atom. The van der Waals surface area contributed by atoms with Gasteiger partial charge in [-0.1, -0.05) is 26.0 Å². The third-order valence-corrected chi connectivity index (χ3v) is 5.57. The predicted molar refractivity (Wildman–Crippen MR) is 116 cm³/mol. The van der Waals surface area contributed by atoms with Crippen LogP contribution in [-0.4, -0.2) is 32.6 Å². The Bertz CT molecular complexity index is 1250. The average molecular weight is 420 g/mol. The SMILES string of the molecule is Cc1nn(C)c2nc(C(C)C)cc(C(=O)Nc3cccc(C4(C)NC(=O)NC4=O)c3)c12. The summed E-state index contributed by atoms with van der Waals surface area (Å²) in [6.07, 6.45) is 0. The number of rotatable bonds is 4. The van der Waals surface area contributed by atoms with Crippen molar-refractivity contribution in [2.45, 2.75) is 39.2 Å². The van der Waals surface area contributed by atoms with E-state index in [0.29, 0.717) is 27.8 Å². The summed E-state index contributed by atoms with van der Waals surface area (Å²) in [5.74, 6) is -0.601. The molecule has 4 rings (SSSR count). The molecule has 0 aliphatic carbocycles. The van der Waals surface area contributed by atoms with Gasteiger partial charge in [0.25, 0.3) is 11.8 Å². The molecule has 3 aromatic rings. The predicted octanol–water partition coefficient (Wildman–Crippen LogP) is 2.71. The highest BCUT2D eigenvalue weighted by Crippen LogP contribution is 2.28. The lowest BCUT2D eigenvalue weighted by Gasteiger charge is -2.21. The number of aromatic nitrogens is 3. The molecule has 160 valence electrons. The van der Waals surface area contributed by atoms with Gasteiger partial charge in [0.05, 0.1) is 16.6 Å². The summed E-state index contributed by atoms with van der Waals surface area (Å²) in [4.78, 5) is 41.8. The summed E-state index contributed by atoms with van der Waals surface area (Å²) in [6.45, 7) is 7.50. The van der Waals surface area contributed by atoms with Crippen molar-refractivity contribution in [2.75, 3.05) is 5.32 Å². The summed E-state index contributed by atoms with van der Waals surface area (Å²) in [6, 6.07) is 8.12. The number of hydrogen-bond acceptors (Lipinski definition) is 5. The Morgan fingerprint density at radius 3 is 2.61 bits per heavy atom. The molecule has 3 heterocycles. The average Bonchev–Trinajstić information content (AvgIpc) is 3.15. The molecule has 0 saturated carbocycles. The van der Waals surface area contributed by atoms with Crippen LogP contribution in [0.25, 0.3) is 11.0 Å². The fraction of sp³-hybridized carbons (Fsp3) is 0.318. The van der Waals surface area contributed by atoms with Gasteiger partial charge in [0.15, 0.2) is 5.65 Å². The number of anilines is 1. The smallest absolute Gasteiger partial charge is 0.322 e. The molecule has 9 heteroatoms. The van der Waals surface area contributed by atoms with Crippen LogP contribution in [0.5, 0.6) is 0 Å². The number of fused-ring (bicyclic) bond motifs is 1. The minimum atomic E-state index is -1.20. The van der Waals surface area contributed by atoms with Gasteiger partial charge in [-0.15, -0.1) is 0 Å². The number of nitrogens with zero attached hydrogens (tertiary/aromatic N) is 3. The highest BCUT2D eigenvalue weighted by Gasteiger charge is 2.43. The molecule has 4 amide bonds. The number of carbonyl (C=O) groups excluding carboxylic acids is 3. The summed E-state index contributed by atoms with van der Waals surface area (Å²) < 4.78 is 1.68. The Morgan fingerprint density at radius 1 is 1.23 bits per heavy atom. The number of hydrogen-bond donors (Lipinski definition) is 3. The highest BCUT2D eigenvalue weighted by molar-refractivity contribution is 6.13. The first kappa shape index (κ1) is 20.5. The zero-order valence-corrected chi connectivity index (χ0v) is 18.0. The maximum absolute atomic E-state index is 13.3. The van der Waals surface area contributed by atoms with E-state index in [4.69, 9.17) is 0 Å². The van der Waals surface area contributed by atoms with Gasteiger partial charge in [0, 0.05) is 18.4 Å². The van der Waals surface area contributed by atoms with Crippen LogP contribution in [-0.2, 0) is 17.4 Å². The van der Waals surface area contributed by atoms with E-state index in [-0.39, 0.29) is 11.8 Å². The van der Waals surface area contributed by atoms with E-state index in [9.17, 15) is 14.4 Å². The number of imide groups is 1. The van der Waals surface area contributed by atoms with E-state index in [1.165, 1.54) is 0 Å². The van der Waals surface area contributed by atoms with E-state index in [0.717, 1.165) is 11.4 Å². The number of nitrogens with one attached hydrogen (secondary N) is 3. The summed E-state index contributed by atoms with van der Waals surface area (Å²) in [5, 5.41) is 12.9. The molecule has 1 aromatic carbocycles. The number of carbonyl (C=O) groups is 3. The molecule has 0 radical (unpaired) electrons. The first-order valence-corrected chi connectivity index (χ1v) is 10.00. The zero-order valence-electron chi connectivity index (χ0n) is 18.0. The third kappa shape index (κ3) is 3.41. The maximum Gasteiger partial charge on any atom is 0.322 e. The van der Waals surface area contributed by atoms with Gasteiger partial charge < -0.3 is 10.6 Å². The van der Waals surface area contributed by atoms with Crippen molar-refractivity contribution >= 4 is 34.6 Å². The lowest BCUT2D eigenvalue weighted by Crippen LogP contribution is -2.40. The Labute approximate surface area is 179 Å². The zero-order chi connectivity index (χ0) is 22.5. The second-order valence-corrected chi connectivity index (χ2v) is 8.23. The minimum Gasteiger partial charge on any atom is -0.322 e. The maximum atomic E-state index is 13.3. The Balaban J connectivity index is 1.72. The quantitative estimate of drug-likeness (QED) is 0.561. The van der Waals surface area contributed by atoms with Crippen LogP contribution in [0.3, 0.4) is 0 Å². The van der Waals surface area contributed by atoms with Gasteiger partial charge in [-0.05, 0) is 43.5 Å². The van der Waals surface area contributed by atoms with Crippen molar-refractivity contribution in [2.24, 2.45) is 7.05 Å². The summed E-state index contributed by atoms with van der Waals surface area (Å²) in [5.41, 5.74) is 2.53. The van der Waals surface area contributed by atoms with Crippen molar-refractivity contribution < 1.29 is 14.4 Å². The van der Waals surface area contributed by atoms with Crippen LogP contribution in [0.4, 0.5) is 10.5 Å². The van der Waals surface area contributed by atoms with Crippen LogP contribution < -0.4 is 16.0 Å². The fourth-order valence-corrected chi connectivity index (χ4v) is 3.79. The van der Waals surface area contributed by atoms with Gasteiger partial charge in [0.2, 0.25) is 0 Å². The molecule has 3 N–H and O–H groups in total. The van der Waals surface area contributed by atoms with E-state index >= 15 is 0 Å². The molecule has 9 nitrogen and oxygen atoms in total. The van der Waals surface area contributed by atoms with Crippen LogP contribution in [0.2, 0.25) is 0 Å². The minimum absolute atomic E-state index is 0.138. The number of benzene rings is 1. The first-order chi connectivity index (χ1) is 14.6. The van der Waals surface area contributed by atoms with E-state index in [1.54, 1.807) is 49.0 Å². The van der Waals surface area contributed by atoms with E-state index in [2.05, 4.69) is 26.0 Å². The molecule has 31 heavy (non-hydrogen) atoms. The molecule has 1 aliphatic rings. The largest absolute Gasteiger partial charge is 0.322 e. The van der Waals surface area contributed by atoms with Crippen molar-refractivity contribution in [1.29, 1.82) is 0 Å². The molecular formula is C22H24N6O3. The highest BCUT2D eigenvalue weighted by atomic mass is 16.2. The monoisotopic (exact) mass is 420 g/mol. The lowest BCUT2D eigenvalue weighted by atomic mass is 9.92. The molecule has 1 saturated heterocycles. The van der Waals surface area contributed by atoms with E-state index < -0.39 is 17.5 Å². The first-order valence-electron chi connectivity index (χ1n) is 10.00. The Kier molecular flexibility index (Phi) is 4.76. The van der Waals surface area contributed by atoms with Crippen LogP contribution in [0.15, 0.2) is 30.3 Å². The molecule has 1 unspecified atom stereocenters. The number of amides is 4. The van der Waals surface area contributed by atoms with Gasteiger partial charge >= 0.3 is 6.03 Å². The topological polar surface area (TPSA) is 118 Å². The summed E-state index contributed by atoms with van der Waals surface area (Å²) >= 11 is 0. The number of urea groups is 1. The normalized spacial score (nSPS) is 18.4. The Hall–Kier alpha value is -3.75. The van der Waals surface area contributed by atoms with Gasteiger partial charge in [-0.25, -0.2) is 9.78 Å². The lowest BCUT2D eigenvalue weighted by molar-refractivity contribution is -0.123. The molecule has 0 bridgehead atoms. The molecule has 0 spiro atoms. The van der Waals surface area contributed by atoms with Gasteiger partial charge in [0.1, 0.15) is 5.54 Å². The number of pyridine rings is 1. The van der Waals surface area contributed by atoms with Gasteiger partial charge in [-0.3, -0.25) is 19.6 Å². The third-order valence-electron chi connectivity index (χ3n) is 5.57. The molecule has 1 atom stereocenters.